The molecule has 1 atom stereocenters. The third-order valence-corrected chi connectivity index (χ3v) is 2.36. The minimum Gasteiger partial charge on any atom is -0.480 e. The van der Waals surface area contributed by atoms with Crippen molar-refractivity contribution in [2.45, 2.75) is 26.3 Å². The van der Waals surface area contributed by atoms with Gasteiger partial charge in [-0.15, -0.1) is 0 Å². The highest BCUT2D eigenvalue weighted by Crippen LogP contribution is 2.14. The van der Waals surface area contributed by atoms with Gasteiger partial charge >= 0.3 is 12.0 Å². The van der Waals surface area contributed by atoms with Crippen molar-refractivity contribution >= 4 is 17.7 Å². The van der Waals surface area contributed by atoms with Crippen LogP contribution in [0.2, 0.25) is 0 Å². The fourth-order valence-electron chi connectivity index (χ4n) is 1.37. The second kappa shape index (κ2) is 5.89. The lowest BCUT2D eigenvalue weighted by atomic mass is 10.1. The van der Waals surface area contributed by atoms with Crippen LogP contribution in [0.5, 0.6) is 0 Å². The van der Waals surface area contributed by atoms with Crippen molar-refractivity contribution < 1.29 is 14.7 Å². The van der Waals surface area contributed by atoms with Crippen LogP contribution in [0.25, 0.3) is 0 Å². The summed E-state index contributed by atoms with van der Waals surface area (Å²) >= 11 is 0. The molecule has 0 unspecified atom stereocenters. The molecule has 0 aliphatic carbocycles. The second-order valence-corrected chi connectivity index (χ2v) is 3.67. The highest BCUT2D eigenvalue weighted by atomic mass is 16.4. The number of carbonyl (C=O) groups excluding carboxylic acids is 1. The number of urea groups is 1. The van der Waals surface area contributed by atoms with E-state index in [-0.39, 0.29) is 0 Å². The molecule has 0 aliphatic heterocycles. The van der Waals surface area contributed by atoms with E-state index in [1.165, 1.54) is 6.92 Å². The van der Waals surface area contributed by atoms with Gasteiger partial charge in [-0.1, -0.05) is 25.1 Å². The van der Waals surface area contributed by atoms with Crippen LogP contribution in [0, 0.1) is 0 Å². The molecule has 1 rings (SSSR count). The van der Waals surface area contributed by atoms with Crippen molar-refractivity contribution in [3.05, 3.63) is 29.8 Å². The summed E-state index contributed by atoms with van der Waals surface area (Å²) in [7, 11) is 0. The SMILES string of the molecule is CCc1ccccc1NC(=O)N[C@@H](C)C(=O)O. The van der Waals surface area contributed by atoms with Crippen molar-refractivity contribution in [2.75, 3.05) is 5.32 Å². The van der Waals surface area contributed by atoms with Gasteiger partial charge in [0.05, 0.1) is 0 Å². The largest absolute Gasteiger partial charge is 0.480 e. The Morgan fingerprint density at radius 1 is 1.35 bits per heavy atom. The van der Waals surface area contributed by atoms with E-state index in [1.54, 1.807) is 6.07 Å². The Labute approximate surface area is 99.8 Å². The number of rotatable bonds is 4. The fraction of sp³-hybridized carbons (Fsp3) is 0.333. The zero-order valence-electron chi connectivity index (χ0n) is 9.86. The lowest BCUT2D eigenvalue weighted by Crippen LogP contribution is -2.41. The van der Waals surface area contributed by atoms with E-state index < -0.39 is 18.0 Å². The first-order chi connectivity index (χ1) is 8.04. The fourth-order valence-corrected chi connectivity index (χ4v) is 1.37. The summed E-state index contributed by atoms with van der Waals surface area (Å²) in [6, 6.07) is 5.97. The predicted molar refractivity (Wildman–Crippen MR) is 65.1 cm³/mol. The van der Waals surface area contributed by atoms with Crippen molar-refractivity contribution in [2.24, 2.45) is 0 Å². The van der Waals surface area contributed by atoms with E-state index in [0.29, 0.717) is 5.69 Å². The minimum absolute atomic E-state index is 0.513. The van der Waals surface area contributed by atoms with Crippen LogP contribution in [-0.2, 0) is 11.2 Å². The number of hydrogen-bond donors (Lipinski definition) is 3. The van der Waals surface area contributed by atoms with Crippen LogP contribution < -0.4 is 10.6 Å². The summed E-state index contributed by atoms with van der Waals surface area (Å²) in [6.45, 7) is 3.39. The normalized spacial score (nSPS) is 11.6. The standard InChI is InChI=1S/C12H16N2O3/c1-3-9-6-4-5-7-10(9)14-12(17)13-8(2)11(15)16/h4-8H,3H2,1-2H3,(H,15,16)(H2,13,14,17)/t8-/m0/s1. The van der Waals surface area contributed by atoms with E-state index in [1.807, 2.05) is 25.1 Å². The van der Waals surface area contributed by atoms with E-state index in [0.717, 1.165) is 12.0 Å². The highest BCUT2D eigenvalue weighted by Gasteiger charge is 2.14. The van der Waals surface area contributed by atoms with Gasteiger partial charge in [-0.3, -0.25) is 4.79 Å². The van der Waals surface area contributed by atoms with Crippen LogP contribution in [0.1, 0.15) is 19.4 Å². The van der Waals surface area contributed by atoms with Gasteiger partial charge in [0.1, 0.15) is 6.04 Å². The summed E-state index contributed by atoms with van der Waals surface area (Å²) in [4.78, 5) is 22.1. The highest BCUT2D eigenvalue weighted by molar-refractivity contribution is 5.92. The summed E-state index contributed by atoms with van der Waals surface area (Å²) in [5.74, 6) is -1.07. The third kappa shape index (κ3) is 3.79. The summed E-state index contributed by atoms with van der Waals surface area (Å²) in [5.41, 5.74) is 1.70. The molecule has 2 amide bonds. The van der Waals surface area contributed by atoms with Crippen molar-refractivity contribution in [1.82, 2.24) is 5.32 Å². The molecule has 0 saturated carbocycles. The number of benzene rings is 1. The number of amides is 2. The monoisotopic (exact) mass is 236 g/mol. The first kappa shape index (κ1) is 13.0. The molecule has 5 heteroatoms. The number of anilines is 1. The van der Waals surface area contributed by atoms with Crippen LogP contribution >= 0.6 is 0 Å². The smallest absolute Gasteiger partial charge is 0.325 e. The van der Waals surface area contributed by atoms with E-state index in [4.69, 9.17) is 5.11 Å². The van der Waals surface area contributed by atoms with Crippen LogP contribution in [0.4, 0.5) is 10.5 Å². The van der Waals surface area contributed by atoms with Gasteiger partial charge in [0, 0.05) is 5.69 Å². The molecule has 0 saturated heterocycles. The Hall–Kier alpha value is -2.04. The number of aliphatic carboxylic acids is 1. The number of hydrogen-bond acceptors (Lipinski definition) is 2. The number of aryl methyl sites for hydroxylation is 1. The van der Waals surface area contributed by atoms with Crippen LogP contribution in [-0.4, -0.2) is 23.1 Å². The molecule has 0 heterocycles. The van der Waals surface area contributed by atoms with Crippen molar-refractivity contribution in [3.8, 4) is 0 Å². The molecule has 0 spiro atoms. The molecule has 17 heavy (non-hydrogen) atoms. The van der Waals surface area contributed by atoms with Gasteiger partial charge < -0.3 is 15.7 Å². The van der Waals surface area contributed by atoms with Crippen molar-refractivity contribution in [3.63, 3.8) is 0 Å². The minimum atomic E-state index is -1.07. The van der Waals surface area contributed by atoms with Gasteiger partial charge in [0.25, 0.3) is 0 Å². The number of para-hydroxylation sites is 1. The molecule has 0 aliphatic rings. The summed E-state index contributed by atoms with van der Waals surface area (Å²) in [5, 5.41) is 13.6. The van der Waals surface area contributed by atoms with Gasteiger partial charge in [-0.25, -0.2) is 4.79 Å². The zero-order chi connectivity index (χ0) is 12.8. The molecule has 0 fully saturated rings. The second-order valence-electron chi connectivity index (χ2n) is 3.67. The first-order valence-corrected chi connectivity index (χ1v) is 5.42. The quantitative estimate of drug-likeness (QED) is 0.746. The topological polar surface area (TPSA) is 78.4 Å². The maximum absolute atomic E-state index is 11.5. The summed E-state index contributed by atoms with van der Waals surface area (Å²) < 4.78 is 0. The average molecular weight is 236 g/mol. The lowest BCUT2D eigenvalue weighted by molar-refractivity contribution is -0.138. The molecule has 1 aromatic carbocycles. The number of nitrogens with one attached hydrogen (secondary N) is 2. The molecule has 92 valence electrons. The van der Waals surface area contributed by atoms with Gasteiger partial charge in [0.2, 0.25) is 0 Å². The van der Waals surface area contributed by atoms with E-state index in [9.17, 15) is 9.59 Å². The molecular formula is C12H16N2O3. The zero-order valence-corrected chi connectivity index (χ0v) is 9.86. The van der Waals surface area contributed by atoms with E-state index >= 15 is 0 Å². The Balaban J connectivity index is 2.65. The average Bonchev–Trinajstić information content (AvgIpc) is 2.29. The van der Waals surface area contributed by atoms with Gasteiger partial charge in [-0.05, 0) is 25.0 Å². The Bertz CT molecular complexity index is 418. The van der Waals surface area contributed by atoms with E-state index in [2.05, 4.69) is 10.6 Å². The number of carboxylic acids is 1. The predicted octanol–water partition coefficient (Wildman–Crippen LogP) is 1.84. The first-order valence-electron chi connectivity index (χ1n) is 5.42. The van der Waals surface area contributed by atoms with Crippen LogP contribution in [0.15, 0.2) is 24.3 Å². The van der Waals surface area contributed by atoms with Gasteiger partial charge in [0.15, 0.2) is 0 Å². The molecule has 0 radical (unpaired) electrons. The number of carboxylic acid groups (broad SMARTS) is 1. The molecule has 0 aromatic heterocycles. The Morgan fingerprint density at radius 3 is 2.59 bits per heavy atom. The Morgan fingerprint density at radius 2 is 2.00 bits per heavy atom. The maximum Gasteiger partial charge on any atom is 0.325 e. The Kier molecular flexibility index (Phi) is 4.51. The summed E-state index contributed by atoms with van der Waals surface area (Å²) in [6.07, 6.45) is 0.797. The molecule has 1 aromatic rings. The van der Waals surface area contributed by atoms with Crippen molar-refractivity contribution in [1.29, 1.82) is 0 Å². The van der Waals surface area contributed by atoms with Gasteiger partial charge in [-0.2, -0.15) is 0 Å². The number of carbonyl (C=O) groups is 2. The molecule has 0 bridgehead atoms. The molecule has 3 N–H and O–H groups in total. The van der Waals surface area contributed by atoms with Crippen LogP contribution in [0.3, 0.4) is 0 Å². The lowest BCUT2D eigenvalue weighted by Gasteiger charge is -2.12. The molecule has 5 nitrogen and oxygen atoms in total. The third-order valence-electron chi connectivity index (χ3n) is 2.36. The molecular weight excluding hydrogens is 220 g/mol. The maximum atomic E-state index is 11.5.